The average molecular weight is 567 g/mol. The van der Waals surface area contributed by atoms with E-state index in [9.17, 15) is 8.42 Å². The topological polar surface area (TPSA) is 126 Å². The number of H-pyrrole nitrogens is 1. The van der Waals surface area contributed by atoms with Crippen molar-refractivity contribution in [3.05, 3.63) is 48.3 Å². The first-order valence-corrected chi connectivity index (χ1v) is 15.9. The number of hydrogen-bond donors (Lipinski definition) is 2. The Kier molecular flexibility index (Phi) is 9.72. The van der Waals surface area contributed by atoms with Gasteiger partial charge >= 0.3 is 0 Å². The van der Waals surface area contributed by atoms with Crippen LogP contribution in [-0.4, -0.2) is 73.2 Å². The molecule has 10 nitrogen and oxygen atoms in total. The van der Waals surface area contributed by atoms with Crippen molar-refractivity contribution in [3.8, 4) is 11.4 Å². The average Bonchev–Trinajstić information content (AvgIpc) is 3.61. The summed E-state index contributed by atoms with van der Waals surface area (Å²) in [5, 5.41) is 5.02. The summed E-state index contributed by atoms with van der Waals surface area (Å²) in [5.41, 5.74) is 4.67. The summed E-state index contributed by atoms with van der Waals surface area (Å²) in [5.74, 6) is 1.44. The number of nitrogens with one attached hydrogen (secondary N) is 2. The summed E-state index contributed by atoms with van der Waals surface area (Å²) in [6, 6.07) is 10.1. The standard InChI is InChI=1S/C25H26N6O4S.2C2H6/c1-36(32,33)12-7-26-14-16-13-19-21-22(35-25(19)28-15-16)24(31-8-10-34-11-9-31)30-23(29-21)18-3-2-4-20-17(18)5-6-27-20;2*1-2/h2-6,13,15,26-27H,7-12,14H2,1H3;2*1-2H3. The van der Waals surface area contributed by atoms with E-state index in [-0.39, 0.29) is 5.75 Å². The van der Waals surface area contributed by atoms with Gasteiger partial charge in [0.05, 0.1) is 24.4 Å². The van der Waals surface area contributed by atoms with Crippen molar-refractivity contribution < 1.29 is 17.6 Å². The number of nitrogens with zero attached hydrogens (tertiary/aromatic N) is 4. The lowest BCUT2D eigenvalue weighted by molar-refractivity contribution is 0.122. The molecule has 214 valence electrons. The Morgan fingerprint density at radius 3 is 2.58 bits per heavy atom. The second-order valence-corrected chi connectivity index (χ2v) is 11.3. The second-order valence-electron chi connectivity index (χ2n) is 9.00. The highest BCUT2D eigenvalue weighted by molar-refractivity contribution is 7.90. The van der Waals surface area contributed by atoms with Gasteiger partial charge < -0.3 is 24.4 Å². The molecule has 0 amide bonds. The van der Waals surface area contributed by atoms with E-state index < -0.39 is 9.84 Å². The van der Waals surface area contributed by atoms with Gasteiger partial charge in [-0.15, -0.1) is 0 Å². The first-order chi connectivity index (χ1) is 19.5. The maximum atomic E-state index is 11.4. The molecule has 5 aromatic rings. The fourth-order valence-corrected chi connectivity index (χ4v) is 5.05. The van der Waals surface area contributed by atoms with Crippen LogP contribution in [0.4, 0.5) is 5.82 Å². The summed E-state index contributed by atoms with van der Waals surface area (Å²) < 4.78 is 34.6. The quantitative estimate of drug-likeness (QED) is 0.263. The van der Waals surface area contributed by atoms with Gasteiger partial charge in [0.1, 0.15) is 15.4 Å². The summed E-state index contributed by atoms with van der Waals surface area (Å²) in [6.07, 6.45) is 4.88. The number of fused-ring (bicyclic) bond motifs is 4. The molecule has 1 aromatic carbocycles. The molecule has 0 spiro atoms. The molecular formula is C29H38N6O4S. The maximum Gasteiger partial charge on any atom is 0.229 e. The largest absolute Gasteiger partial charge is 0.432 e. The van der Waals surface area contributed by atoms with Crippen LogP contribution in [0.2, 0.25) is 0 Å². The lowest BCUT2D eigenvalue weighted by Crippen LogP contribution is -2.37. The van der Waals surface area contributed by atoms with Crippen LogP contribution < -0.4 is 10.2 Å². The molecule has 0 aliphatic carbocycles. The summed E-state index contributed by atoms with van der Waals surface area (Å²) >= 11 is 0. The van der Waals surface area contributed by atoms with E-state index in [1.807, 2.05) is 64.2 Å². The van der Waals surface area contributed by atoms with Gasteiger partial charge in [0.2, 0.25) is 5.71 Å². The van der Waals surface area contributed by atoms with Crippen LogP contribution in [0.5, 0.6) is 0 Å². The van der Waals surface area contributed by atoms with Crippen molar-refractivity contribution in [2.45, 2.75) is 34.2 Å². The molecule has 5 heterocycles. The third kappa shape index (κ3) is 6.43. The van der Waals surface area contributed by atoms with E-state index in [1.165, 1.54) is 6.26 Å². The number of furan rings is 1. The Hall–Kier alpha value is -3.54. The van der Waals surface area contributed by atoms with E-state index in [2.05, 4.69) is 20.2 Å². The number of pyridine rings is 1. The smallest absolute Gasteiger partial charge is 0.229 e. The molecule has 1 aliphatic heterocycles. The Labute approximate surface area is 235 Å². The lowest BCUT2D eigenvalue weighted by atomic mass is 10.1. The molecule has 0 bridgehead atoms. The number of hydrogen-bond acceptors (Lipinski definition) is 9. The molecule has 0 saturated carbocycles. The first kappa shape index (κ1) is 29.4. The molecule has 4 aromatic heterocycles. The molecule has 40 heavy (non-hydrogen) atoms. The van der Waals surface area contributed by atoms with Crippen LogP contribution in [0.25, 0.3) is 44.5 Å². The van der Waals surface area contributed by atoms with Crippen molar-refractivity contribution >= 4 is 48.8 Å². The number of sulfone groups is 1. The van der Waals surface area contributed by atoms with Crippen LogP contribution in [0.1, 0.15) is 33.3 Å². The molecule has 1 fully saturated rings. The minimum Gasteiger partial charge on any atom is -0.432 e. The van der Waals surface area contributed by atoms with Gasteiger partial charge in [-0.25, -0.2) is 23.4 Å². The summed E-state index contributed by atoms with van der Waals surface area (Å²) in [6.45, 7) is 11.5. The van der Waals surface area contributed by atoms with Gasteiger partial charge in [-0.05, 0) is 23.8 Å². The minimum atomic E-state index is -3.02. The zero-order valence-electron chi connectivity index (χ0n) is 23.8. The van der Waals surface area contributed by atoms with Crippen molar-refractivity contribution in [2.75, 3.05) is 49.8 Å². The van der Waals surface area contributed by atoms with Gasteiger partial charge in [-0.2, -0.15) is 0 Å². The van der Waals surface area contributed by atoms with E-state index in [4.69, 9.17) is 19.1 Å². The molecular weight excluding hydrogens is 528 g/mol. The van der Waals surface area contributed by atoms with E-state index in [0.717, 1.165) is 33.2 Å². The van der Waals surface area contributed by atoms with Crippen molar-refractivity contribution in [2.24, 2.45) is 0 Å². The van der Waals surface area contributed by atoms with Crippen LogP contribution >= 0.6 is 0 Å². The molecule has 1 saturated heterocycles. The summed E-state index contributed by atoms with van der Waals surface area (Å²) in [4.78, 5) is 19.9. The second kappa shape index (κ2) is 13.2. The third-order valence-electron chi connectivity index (χ3n) is 6.33. The Morgan fingerprint density at radius 1 is 1.05 bits per heavy atom. The van der Waals surface area contributed by atoms with Crippen LogP contribution in [0.3, 0.4) is 0 Å². The summed E-state index contributed by atoms with van der Waals surface area (Å²) in [7, 11) is -3.02. The molecule has 2 N–H and O–H groups in total. The lowest BCUT2D eigenvalue weighted by Gasteiger charge is -2.27. The van der Waals surface area contributed by atoms with Crippen molar-refractivity contribution in [1.29, 1.82) is 0 Å². The number of aromatic nitrogens is 4. The van der Waals surface area contributed by atoms with Crippen molar-refractivity contribution in [1.82, 2.24) is 25.3 Å². The zero-order valence-corrected chi connectivity index (χ0v) is 24.6. The van der Waals surface area contributed by atoms with Gasteiger partial charge in [0, 0.05) is 61.3 Å². The number of aromatic amines is 1. The fraction of sp³-hybridized carbons (Fsp3) is 0.414. The predicted octanol–water partition coefficient (Wildman–Crippen LogP) is 4.94. The highest BCUT2D eigenvalue weighted by Gasteiger charge is 2.23. The number of benzene rings is 1. The molecule has 1 aliphatic rings. The molecule has 0 atom stereocenters. The van der Waals surface area contributed by atoms with Crippen molar-refractivity contribution in [3.63, 3.8) is 0 Å². The van der Waals surface area contributed by atoms with Gasteiger partial charge in [-0.3, -0.25) is 0 Å². The minimum absolute atomic E-state index is 0.0848. The van der Waals surface area contributed by atoms with Crippen LogP contribution in [0.15, 0.2) is 47.1 Å². The molecule has 0 unspecified atom stereocenters. The molecule has 0 radical (unpaired) electrons. The van der Waals surface area contributed by atoms with E-state index in [1.54, 1.807) is 6.20 Å². The highest BCUT2D eigenvalue weighted by atomic mass is 32.2. The van der Waals surface area contributed by atoms with E-state index >= 15 is 0 Å². The number of rotatable bonds is 7. The Bertz CT molecular complexity index is 1670. The molecule has 6 rings (SSSR count). The normalized spacial score (nSPS) is 13.7. The van der Waals surface area contributed by atoms with Crippen LogP contribution in [0, 0.1) is 0 Å². The van der Waals surface area contributed by atoms with Gasteiger partial charge in [0.25, 0.3) is 0 Å². The third-order valence-corrected chi connectivity index (χ3v) is 7.28. The Morgan fingerprint density at radius 2 is 1.82 bits per heavy atom. The zero-order chi connectivity index (χ0) is 28.7. The monoisotopic (exact) mass is 566 g/mol. The predicted molar refractivity (Wildman–Crippen MR) is 162 cm³/mol. The SMILES string of the molecule is CC.CC.CS(=O)(=O)CCNCc1cnc2oc3c(N4CCOCC4)nc(-c4cccc5[nH]ccc45)nc3c2c1. The Balaban J connectivity index is 0.000000886. The van der Waals surface area contributed by atoms with E-state index in [0.29, 0.717) is 62.0 Å². The molecule has 11 heteroatoms. The number of morpholine rings is 1. The number of anilines is 1. The van der Waals surface area contributed by atoms with Gasteiger partial charge in [-0.1, -0.05) is 39.8 Å². The van der Waals surface area contributed by atoms with Gasteiger partial charge in [0.15, 0.2) is 17.2 Å². The van der Waals surface area contributed by atoms with Crippen LogP contribution in [-0.2, 0) is 21.1 Å². The first-order valence-electron chi connectivity index (χ1n) is 13.8. The fourth-order valence-electron chi connectivity index (χ4n) is 4.54. The number of ether oxygens (including phenoxy) is 1. The highest BCUT2D eigenvalue weighted by Crippen LogP contribution is 2.36. The maximum absolute atomic E-state index is 11.4.